The van der Waals surface area contributed by atoms with Crippen molar-refractivity contribution in [2.75, 3.05) is 33.4 Å². The Morgan fingerprint density at radius 1 is 1.14 bits per heavy atom. The lowest BCUT2D eigenvalue weighted by Gasteiger charge is -2.38. The number of rotatable bonds is 5. The molecule has 10 nitrogen and oxygen atoms in total. The average Bonchev–Trinajstić information content (AvgIpc) is 3.50. The normalized spacial score (nSPS) is 16.7. The molecule has 3 aliphatic rings. The van der Waals surface area contributed by atoms with Gasteiger partial charge in [-0.15, -0.1) is 0 Å². The summed E-state index contributed by atoms with van der Waals surface area (Å²) in [5, 5.41) is 6.75. The number of carbonyl (C=O) groups excluding carboxylic acids is 2. The van der Waals surface area contributed by atoms with E-state index in [9.17, 15) is 14.0 Å². The lowest BCUT2D eigenvalue weighted by atomic mass is 9.87. The maximum atomic E-state index is 14.2. The number of hydrogen-bond donors (Lipinski definition) is 1. The molecular weight excluding hydrogens is 555 g/mol. The van der Waals surface area contributed by atoms with Crippen LogP contribution in [0.5, 0.6) is 17.2 Å². The average molecular weight is 587 g/mol. The van der Waals surface area contributed by atoms with Gasteiger partial charge in [-0.3, -0.25) is 9.59 Å². The van der Waals surface area contributed by atoms with Crippen molar-refractivity contribution >= 4 is 11.8 Å². The summed E-state index contributed by atoms with van der Waals surface area (Å²) >= 11 is 0. The van der Waals surface area contributed by atoms with Gasteiger partial charge in [0.25, 0.3) is 5.91 Å². The molecule has 6 bridgehead atoms. The van der Waals surface area contributed by atoms with Crippen LogP contribution in [0.15, 0.2) is 65.2 Å². The second-order valence-corrected chi connectivity index (χ2v) is 10.3. The van der Waals surface area contributed by atoms with Crippen LogP contribution in [0.25, 0.3) is 11.4 Å². The van der Waals surface area contributed by atoms with Crippen LogP contribution in [0.4, 0.5) is 4.39 Å². The molecule has 0 spiro atoms. The van der Waals surface area contributed by atoms with Crippen molar-refractivity contribution in [3.05, 3.63) is 89.1 Å². The van der Waals surface area contributed by atoms with Gasteiger partial charge in [0.1, 0.15) is 11.6 Å². The van der Waals surface area contributed by atoms with Gasteiger partial charge in [-0.2, -0.15) is 4.98 Å². The van der Waals surface area contributed by atoms with E-state index in [2.05, 4.69) is 15.5 Å². The molecule has 1 aromatic heterocycles. The zero-order chi connectivity index (χ0) is 29.8. The summed E-state index contributed by atoms with van der Waals surface area (Å²) in [6.45, 7) is 1.19. The Hall–Kier alpha value is -4.93. The summed E-state index contributed by atoms with van der Waals surface area (Å²) in [5.41, 5.74) is 3.03. The Kier molecular flexibility index (Phi) is 8.21. The molecular formula is C32H31FN4O6. The van der Waals surface area contributed by atoms with E-state index in [0.717, 1.165) is 16.7 Å². The fourth-order valence-electron chi connectivity index (χ4n) is 5.45. The predicted molar refractivity (Wildman–Crippen MR) is 153 cm³/mol. The first-order valence-corrected chi connectivity index (χ1v) is 14.2. The van der Waals surface area contributed by atoms with E-state index in [1.807, 2.05) is 41.3 Å². The van der Waals surface area contributed by atoms with Crippen molar-refractivity contribution in [2.24, 2.45) is 0 Å². The number of halogens is 1. The number of methoxy groups -OCH3 is 1. The molecule has 1 unspecified atom stereocenters. The van der Waals surface area contributed by atoms with Crippen molar-refractivity contribution in [3.8, 4) is 28.6 Å². The maximum Gasteiger partial charge on any atom is 0.257 e. The van der Waals surface area contributed by atoms with Crippen molar-refractivity contribution in [1.29, 1.82) is 0 Å². The molecule has 0 fully saturated rings. The number of nitrogens with one attached hydrogen (secondary N) is 1. The summed E-state index contributed by atoms with van der Waals surface area (Å²) in [7, 11) is 1.54. The van der Waals surface area contributed by atoms with E-state index in [4.69, 9.17) is 18.7 Å². The maximum absolute atomic E-state index is 14.2. The zero-order valence-electron chi connectivity index (χ0n) is 23.7. The minimum atomic E-state index is -0.448. The van der Waals surface area contributed by atoms with E-state index < -0.39 is 11.9 Å². The molecule has 0 aliphatic carbocycles. The number of hydrogen-bond acceptors (Lipinski definition) is 8. The van der Waals surface area contributed by atoms with Gasteiger partial charge in [0.2, 0.25) is 17.6 Å². The van der Waals surface area contributed by atoms with Crippen molar-refractivity contribution in [3.63, 3.8) is 0 Å². The highest BCUT2D eigenvalue weighted by atomic mass is 19.1. The zero-order valence-corrected chi connectivity index (χ0v) is 23.7. The van der Waals surface area contributed by atoms with Crippen LogP contribution in [-0.2, 0) is 22.4 Å². The Balaban J connectivity index is 1.30. The topological polar surface area (TPSA) is 116 Å². The molecule has 0 saturated carbocycles. The highest BCUT2D eigenvalue weighted by molar-refractivity contribution is 5.79. The third-order valence-electron chi connectivity index (χ3n) is 7.55. The molecule has 7 rings (SSSR count). The van der Waals surface area contributed by atoms with Crippen LogP contribution in [0, 0.1) is 5.82 Å². The summed E-state index contributed by atoms with van der Waals surface area (Å²) in [4.78, 5) is 32.3. The van der Waals surface area contributed by atoms with Crippen molar-refractivity contribution in [2.45, 2.75) is 31.7 Å². The number of benzene rings is 3. The molecule has 1 atom stereocenters. The highest BCUT2D eigenvalue weighted by Gasteiger charge is 2.34. The molecule has 4 heterocycles. The molecule has 0 radical (unpaired) electrons. The summed E-state index contributed by atoms with van der Waals surface area (Å²) in [6, 6.07) is 17.3. The van der Waals surface area contributed by atoms with Gasteiger partial charge in [-0.25, -0.2) is 4.39 Å². The van der Waals surface area contributed by atoms with Gasteiger partial charge in [0, 0.05) is 25.9 Å². The van der Waals surface area contributed by atoms with Crippen molar-refractivity contribution in [1.82, 2.24) is 20.4 Å². The van der Waals surface area contributed by atoms with Crippen LogP contribution in [-0.4, -0.2) is 60.3 Å². The third-order valence-corrected chi connectivity index (χ3v) is 7.55. The molecule has 43 heavy (non-hydrogen) atoms. The van der Waals surface area contributed by atoms with E-state index >= 15 is 0 Å². The third kappa shape index (κ3) is 6.15. The highest BCUT2D eigenvalue weighted by Crippen LogP contribution is 2.42. The van der Waals surface area contributed by atoms with Gasteiger partial charge in [-0.05, 0) is 65.9 Å². The molecule has 11 heteroatoms. The fourth-order valence-corrected chi connectivity index (χ4v) is 5.45. The minimum Gasteiger partial charge on any atom is -0.494 e. The van der Waals surface area contributed by atoms with Gasteiger partial charge in [-0.1, -0.05) is 29.4 Å². The molecule has 4 aromatic rings. The first kappa shape index (κ1) is 28.2. The van der Waals surface area contributed by atoms with Gasteiger partial charge < -0.3 is 29.0 Å². The fraction of sp³-hybridized carbons (Fsp3) is 0.312. The predicted octanol–water partition coefficient (Wildman–Crippen LogP) is 4.27. The SMILES string of the molecule is COc1cc2c3cc1OCC(=O)NCCCOc1cccc(c1)C2N(C(=O)CCc1nc(-c2ccccc2F)no1)CC3. The monoisotopic (exact) mass is 586 g/mol. The summed E-state index contributed by atoms with van der Waals surface area (Å²) in [6.07, 6.45) is 1.53. The number of fused-ring (bicyclic) bond motifs is 8. The standard InChI is InChI=1S/C32H31FN4O6/c1-40-26-18-24-20-12-14-37(30(39)11-10-29-35-32(36-43-29)23-8-2-3-9-25(23)33)31(24)21-6-4-7-22(16-21)41-15-5-13-34-28(38)19-42-27(26)17-20/h2-4,6-9,16-18,31H,5,10-15,19H2,1H3,(H,34,38). The largest absolute Gasteiger partial charge is 0.494 e. The lowest BCUT2D eigenvalue weighted by Crippen LogP contribution is -2.40. The second kappa shape index (κ2) is 12.5. The van der Waals surface area contributed by atoms with Crippen LogP contribution in [0.2, 0.25) is 0 Å². The van der Waals surface area contributed by atoms with E-state index in [1.165, 1.54) is 6.07 Å². The van der Waals surface area contributed by atoms with Gasteiger partial charge >= 0.3 is 0 Å². The van der Waals surface area contributed by atoms with E-state index in [-0.39, 0.29) is 48.5 Å². The molecule has 3 aromatic carbocycles. The Bertz CT molecular complexity index is 1640. The minimum absolute atomic E-state index is 0.0991. The van der Waals surface area contributed by atoms with Crippen LogP contribution < -0.4 is 19.5 Å². The molecule has 0 saturated heterocycles. The molecule has 3 aliphatic heterocycles. The van der Waals surface area contributed by atoms with Gasteiger partial charge in [0.15, 0.2) is 18.1 Å². The number of aromatic nitrogens is 2. The number of aryl methyl sites for hydroxylation is 1. The van der Waals surface area contributed by atoms with Gasteiger partial charge in [0.05, 0.1) is 25.3 Å². The number of carbonyl (C=O) groups is 2. The first-order valence-electron chi connectivity index (χ1n) is 14.2. The van der Waals surface area contributed by atoms with E-state index in [0.29, 0.717) is 49.8 Å². The lowest BCUT2D eigenvalue weighted by molar-refractivity contribution is -0.133. The Morgan fingerprint density at radius 3 is 2.88 bits per heavy atom. The summed E-state index contributed by atoms with van der Waals surface area (Å²) < 4.78 is 37.0. The number of ether oxygens (including phenoxy) is 3. The smallest absolute Gasteiger partial charge is 0.257 e. The van der Waals surface area contributed by atoms with Crippen LogP contribution >= 0.6 is 0 Å². The van der Waals surface area contributed by atoms with Crippen LogP contribution in [0.1, 0.15) is 41.5 Å². The van der Waals surface area contributed by atoms with Crippen molar-refractivity contribution < 1.29 is 32.7 Å². The Morgan fingerprint density at radius 2 is 2.02 bits per heavy atom. The molecule has 2 amide bonds. The van der Waals surface area contributed by atoms with E-state index in [1.54, 1.807) is 25.3 Å². The quantitative estimate of drug-likeness (QED) is 0.369. The molecule has 1 N–H and O–H groups in total. The molecule has 222 valence electrons. The first-order chi connectivity index (χ1) is 21.0. The number of nitrogens with zero attached hydrogens (tertiary/aromatic N) is 3. The second-order valence-electron chi connectivity index (χ2n) is 10.3. The number of amides is 2. The van der Waals surface area contributed by atoms with Crippen LogP contribution in [0.3, 0.4) is 0 Å². The summed E-state index contributed by atoms with van der Waals surface area (Å²) in [5.74, 6) is 1.24. The Labute approximate surface area is 247 Å².